The Morgan fingerprint density at radius 3 is 2.89 bits per heavy atom. The number of hydrogen-bond donors (Lipinski definition) is 0. The molecule has 0 saturated carbocycles. The molecule has 0 aliphatic heterocycles. The number of hydrogen-bond acceptors (Lipinski definition) is 4. The lowest BCUT2D eigenvalue weighted by atomic mass is 10.5. The number of halogens is 1. The molecule has 0 aromatic carbocycles. The molecule has 0 fully saturated rings. The maximum absolute atomic E-state index is 10.0. The van der Waals surface area contributed by atoms with Gasteiger partial charge in [0.2, 0.25) is 4.73 Å². The number of nitrogens with zero attached hydrogens (tertiary/aromatic N) is 3. The summed E-state index contributed by atoms with van der Waals surface area (Å²) in [5, 5.41) is 6.95. The van der Waals surface area contributed by atoms with Gasteiger partial charge in [0.05, 0.1) is 6.20 Å². The van der Waals surface area contributed by atoms with Crippen LogP contribution in [0.15, 0.2) is 10.9 Å². The predicted octanol–water partition coefficient (Wildman–Crippen LogP) is 0.447. The minimum atomic E-state index is 0.275. The van der Waals surface area contributed by atoms with Gasteiger partial charge in [0.25, 0.3) is 0 Å². The zero-order valence-corrected chi connectivity index (χ0v) is 5.87. The summed E-state index contributed by atoms with van der Waals surface area (Å²) in [5.74, 6) is 0. The second-order valence-electron chi connectivity index (χ2n) is 1.27. The van der Waals surface area contributed by atoms with Crippen LogP contribution >= 0.6 is 15.9 Å². The van der Waals surface area contributed by atoms with Gasteiger partial charge < -0.3 is 0 Å². The number of aromatic nitrogens is 3. The van der Waals surface area contributed by atoms with Crippen molar-refractivity contribution in [2.75, 3.05) is 0 Å². The van der Waals surface area contributed by atoms with Crippen LogP contribution in [0, 0.1) is 0 Å². The molecular formula is C4H2BrN3O. The number of carbonyl (C=O) groups is 1. The third kappa shape index (κ3) is 1.53. The molecule has 1 heterocycles. The molecule has 0 saturated heterocycles. The molecule has 0 atom stereocenters. The summed E-state index contributed by atoms with van der Waals surface area (Å²) in [4.78, 5) is 13.7. The highest BCUT2D eigenvalue weighted by atomic mass is 79.9. The minimum Gasteiger partial charge on any atom is -0.296 e. The van der Waals surface area contributed by atoms with Crippen LogP contribution in [0.2, 0.25) is 0 Å². The van der Waals surface area contributed by atoms with Crippen molar-refractivity contribution in [3.63, 3.8) is 0 Å². The van der Waals surface area contributed by atoms with E-state index in [0.29, 0.717) is 11.0 Å². The van der Waals surface area contributed by atoms with E-state index in [0.717, 1.165) is 0 Å². The van der Waals surface area contributed by atoms with E-state index in [1.165, 1.54) is 6.20 Å². The summed E-state index contributed by atoms with van der Waals surface area (Å²) in [6.07, 6.45) is 1.90. The maximum atomic E-state index is 10.0. The van der Waals surface area contributed by atoms with E-state index in [4.69, 9.17) is 0 Å². The summed E-state index contributed by atoms with van der Waals surface area (Å²) >= 11 is 2.96. The fraction of sp³-hybridized carbons (Fsp3) is 0. The van der Waals surface area contributed by atoms with Crippen molar-refractivity contribution >= 4 is 22.2 Å². The fourth-order valence-electron chi connectivity index (χ4n) is 0.350. The van der Waals surface area contributed by atoms with Crippen LogP contribution in [0.25, 0.3) is 0 Å². The highest BCUT2D eigenvalue weighted by molar-refractivity contribution is 9.10. The molecule has 5 heteroatoms. The number of carbonyl (C=O) groups excluding carboxylic acids is 1. The van der Waals surface area contributed by atoms with Crippen molar-refractivity contribution in [3.8, 4) is 0 Å². The van der Waals surface area contributed by atoms with Crippen molar-refractivity contribution in [2.24, 2.45) is 0 Å². The van der Waals surface area contributed by atoms with E-state index < -0.39 is 0 Å². The third-order valence-corrected chi connectivity index (χ3v) is 1.01. The van der Waals surface area contributed by atoms with Crippen LogP contribution in [-0.2, 0) is 0 Å². The summed E-state index contributed by atoms with van der Waals surface area (Å²) in [6, 6.07) is 0. The van der Waals surface area contributed by atoms with E-state index in [-0.39, 0.29) is 5.69 Å². The lowest BCUT2D eigenvalue weighted by Gasteiger charge is -1.85. The van der Waals surface area contributed by atoms with Crippen molar-refractivity contribution < 1.29 is 4.79 Å². The molecule has 1 rings (SSSR count). The molecule has 0 spiro atoms. The minimum absolute atomic E-state index is 0.275. The van der Waals surface area contributed by atoms with Gasteiger partial charge in [-0.05, 0) is 15.9 Å². The Balaban J connectivity index is 3.07. The molecule has 0 aliphatic carbocycles. The first-order valence-electron chi connectivity index (χ1n) is 2.13. The highest BCUT2D eigenvalue weighted by Crippen LogP contribution is 1.96. The molecule has 0 radical (unpaired) electrons. The van der Waals surface area contributed by atoms with Gasteiger partial charge in [0, 0.05) is 0 Å². The number of rotatable bonds is 1. The Morgan fingerprint density at radius 1 is 1.67 bits per heavy atom. The van der Waals surface area contributed by atoms with Gasteiger partial charge in [0.1, 0.15) is 5.69 Å². The smallest absolute Gasteiger partial charge is 0.218 e. The van der Waals surface area contributed by atoms with Crippen LogP contribution < -0.4 is 0 Å². The Bertz CT molecular complexity index is 227. The first kappa shape index (κ1) is 6.28. The van der Waals surface area contributed by atoms with E-state index in [2.05, 4.69) is 31.1 Å². The van der Waals surface area contributed by atoms with E-state index in [1.807, 2.05) is 0 Å². The Kier molecular flexibility index (Phi) is 1.84. The van der Waals surface area contributed by atoms with Crippen LogP contribution in [0.3, 0.4) is 0 Å². The molecule has 0 N–H and O–H groups in total. The zero-order valence-electron chi connectivity index (χ0n) is 4.28. The summed E-state index contributed by atoms with van der Waals surface area (Å²) in [5.41, 5.74) is 0.275. The average molecular weight is 188 g/mol. The molecule has 1 aromatic rings. The Labute approximate surface area is 59.5 Å². The first-order valence-corrected chi connectivity index (χ1v) is 2.92. The van der Waals surface area contributed by atoms with Gasteiger partial charge in [-0.15, -0.1) is 5.10 Å². The SMILES string of the molecule is O=Cc1cnnc(Br)n1. The van der Waals surface area contributed by atoms with Crippen molar-refractivity contribution in [1.82, 2.24) is 15.2 Å². The summed E-state index contributed by atoms with van der Waals surface area (Å²) < 4.78 is 0.326. The molecule has 0 unspecified atom stereocenters. The van der Waals surface area contributed by atoms with Gasteiger partial charge in [-0.2, -0.15) is 5.10 Å². The Morgan fingerprint density at radius 2 is 2.44 bits per heavy atom. The highest BCUT2D eigenvalue weighted by Gasteiger charge is 1.92. The van der Waals surface area contributed by atoms with Crippen LogP contribution in [0.4, 0.5) is 0 Å². The second kappa shape index (κ2) is 2.63. The second-order valence-corrected chi connectivity index (χ2v) is 1.98. The van der Waals surface area contributed by atoms with Crippen molar-refractivity contribution in [1.29, 1.82) is 0 Å². The quantitative estimate of drug-likeness (QED) is 0.600. The van der Waals surface area contributed by atoms with Crippen molar-refractivity contribution in [2.45, 2.75) is 0 Å². The first-order chi connectivity index (χ1) is 4.33. The average Bonchev–Trinajstić information content (AvgIpc) is 1.88. The summed E-state index contributed by atoms with van der Waals surface area (Å²) in [6.45, 7) is 0. The molecule has 46 valence electrons. The van der Waals surface area contributed by atoms with Gasteiger partial charge in [-0.3, -0.25) is 4.79 Å². The Hall–Kier alpha value is -0.840. The third-order valence-electron chi connectivity index (χ3n) is 0.672. The molecule has 1 aromatic heterocycles. The lowest BCUT2D eigenvalue weighted by molar-refractivity contribution is 0.111. The van der Waals surface area contributed by atoms with E-state index in [1.54, 1.807) is 0 Å². The predicted molar refractivity (Wildman–Crippen MR) is 32.9 cm³/mol. The monoisotopic (exact) mass is 187 g/mol. The molecule has 0 bridgehead atoms. The molecule has 9 heavy (non-hydrogen) atoms. The van der Waals surface area contributed by atoms with E-state index in [9.17, 15) is 4.79 Å². The van der Waals surface area contributed by atoms with Crippen LogP contribution in [-0.4, -0.2) is 21.5 Å². The largest absolute Gasteiger partial charge is 0.296 e. The van der Waals surface area contributed by atoms with Gasteiger partial charge in [-0.1, -0.05) is 0 Å². The van der Waals surface area contributed by atoms with Gasteiger partial charge >= 0.3 is 0 Å². The standard InChI is InChI=1S/C4H2BrN3O/c5-4-7-3(2-9)1-6-8-4/h1-2H. The van der Waals surface area contributed by atoms with Gasteiger partial charge in [-0.25, -0.2) is 4.98 Å². The van der Waals surface area contributed by atoms with Gasteiger partial charge in [0.15, 0.2) is 6.29 Å². The fourth-order valence-corrected chi connectivity index (χ4v) is 0.647. The maximum Gasteiger partial charge on any atom is 0.218 e. The molecular weight excluding hydrogens is 186 g/mol. The topological polar surface area (TPSA) is 55.7 Å². The van der Waals surface area contributed by atoms with Crippen LogP contribution in [0.1, 0.15) is 10.5 Å². The lowest BCUT2D eigenvalue weighted by Crippen LogP contribution is -1.91. The van der Waals surface area contributed by atoms with Crippen LogP contribution in [0.5, 0.6) is 0 Å². The normalized spacial score (nSPS) is 9.00. The summed E-state index contributed by atoms with van der Waals surface area (Å²) in [7, 11) is 0. The molecule has 4 nitrogen and oxygen atoms in total. The van der Waals surface area contributed by atoms with Crippen molar-refractivity contribution in [3.05, 3.63) is 16.6 Å². The number of aldehydes is 1. The molecule has 0 aliphatic rings. The zero-order chi connectivity index (χ0) is 6.69. The van der Waals surface area contributed by atoms with E-state index >= 15 is 0 Å². The molecule has 0 amide bonds.